The number of fused-ring (bicyclic) bond motifs is 1. The Hall–Kier alpha value is -1.06. The molecule has 1 unspecified atom stereocenters. The van der Waals surface area contributed by atoms with E-state index in [2.05, 4.69) is 13.0 Å². The fourth-order valence-electron chi connectivity index (χ4n) is 2.14. The second kappa shape index (κ2) is 5.32. The molecule has 0 aromatic heterocycles. The van der Waals surface area contributed by atoms with Crippen LogP contribution >= 0.6 is 12.4 Å². The van der Waals surface area contributed by atoms with Crippen LogP contribution in [0.1, 0.15) is 12.5 Å². The lowest BCUT2D eigenvalue weighted by molar-refractivity contribution is -0.117. The minimum Gasteiger partial charge on any atom is -0.322 e. The second-order valence-electron chi connectivity index (χ2n) is 4.15. The van der Waals surface area contributed by atoms with E-state index in [0.717, 1.165) is 18.7 Å². The molecule has 1 aromatic carbocycles. The van der Waals surface area contributed by atoms with Gasteiger partial charge in [-0.2, -0.15) is 0 Å². The molecule has 1 heterocycles. The number of carbonyl (C=O) groups excluding carboxylic acids is 1. The minimum atomic E-state index is 0. The molecule has 2 rings (SSSR count). The molecule has 0 radical (unpaired) electrons. The van der Waals surface area contributed by atoms with Gasteiger partial charge in [0, 0.05) is 12.2 Å². The van der Waals surface area contributed by atoms with Gasteiger partial charge in [-0.3, -0.25) is 4.79 Å². The number of halogens is 1. The van der Waals surface area contributed by atoms with Gasteiger partial charge in [-0.15, -0.1) is 12.4 Å². The number of hydrogen-bond acceptors (Lipinski definition) is 2. The van der Waals surface area contributed by atoms with Crippen molar-refractivity contribution in [1.82, 2.24) is 0 Å². The number of nitrogens with two attached hydrogens (primary N) is 1. The molecule has 0 bridgehead atoms. The lowest BCUT2D eigenvalue weighted by Crippen LogP contribution is -2.42. The van der Waals surface area contributed by atoms with Gasteiger partial charge >= 0.3 is 0 Å². The third-order valence-electron chi connectivity index (χ3n) is 2.82. The van der Waals surface area contributed by atoms with E-state index >= 15 is 0 Å². The van der Waals surface area contributed by atoms with Gasteiger partial charge in [-0.25, -0.2) is 0 Å². The Labute approximate surface area is 102 Å². The van der Waals surface area contributed by atoms with Gasteiger partial charge in [-0.1, -0.05) is 25.1 Å². The molecule has 0 aliphatic carbocycles. The normalized spacial score (nSPS) is 18.6. The predicted octanol–water partition coefficient (Wildman–Crippen LogP) is 1.59. The van der Waals surface area contributed by atoms with E-state index in [4.69, 9.17) is 5.73 Å². The molecule has 1 atom stereocenters. The first kappa shape index (κ1) is 13.0. The molecule has 88 valence electrons. The molecule has 2 N–H and O–H groups in total. The first-order valence-corrected chi connectivity index (χ1v) is 5.30. The molecule has 0 spiro atoms. The SMILES string of the molecule is CC1Cc2ccccc2N(C(=O)CN)C1.Cl. The van der Waals surface area contributed by atoms with E-state index in [1.54, 1.807) is 0 Å². The zero-order valence-corrected chi connectivity index (χ0v) is 10.2. The van der Waals surface area contributed by atoms with Crippen LogP contribution < -0.4 is 10.6 Å². The molecule has 1 aromatic rings. The van der Waals surface area contributed by atoms with Crippen LogP contribution in [0.15, 0.2) is 24.3 Å². The average molecular weight is 241 g/mol. The van der Waals surface area contributed by atoms with Gasteiger partial charge in [0.15, 0.2) is 0 Å². The highest BCUT2D eigenvalue weighted by molar-refractivity contribution is 5.95. The molecular formula is C12H17ClN2O. The average Bonchev–Trinajstić information content (AvgIpc) is 2.26. The fourth-order valence-corrected chi connectivity index (χ4v) is 2.14. The van der Waals surface area contributed by atoms with Crippen molar-refractivity contribution in [3.63, 3.8) is 0 Å². The third-order valence-corrected chi connectivity index (χ3v) is 2.82. The minimum absolute atomic E-state index is 0. The van der Waals surface area contributed by atoms with Crippen LogP contribution in [0.2, 0.25) is 0 Å². The van der Waals surface area contributed by atoms with Crippen LogP contribution in [-0.4, -0.2) is 19.0 Å². The van der Waals surface area contributed by atoms with E-state index in [-0.39, 0.29) is 24.9 Å². The van der Waals surface area contributed by atoms with Gasteiger partial charge in [0.2, 0.25) is 5.91 Å². The summed E-state index contributed by atoms with van der Waals surface area (Å²) in [5.74, 6) is 0.518. The molecule has 0 saturated heterocycles. The smallest absolute Gasteiger partial charge is 0.240 e. The van der Waals surface area contributed by atoms with E-state index in [1.165, 1.54) is 5.56 Å². The Morgan fingerprint density at radius 1 is 1.50 bits per heavy atom. The molecule has 3 nitrogen and oxygen atoms in total. The number of hydrogen-bond donors (Lipinski definition) is 1. The highest BCUT2D eigenvalue weighted by Gasteiger charge is 2.24. The first-order chi connectivity index (χ1) is 7.22. The summed E-state index contributed by atoms with van der Waals surface area (Å²) in [5.41, 5.74) is 7.70. The van der Waals surface area contributed by atoms with Crippen molar-refractivity contribution in [2.75, 3.05) is 18.0 Å². The zero-order valence-electron chi connectivity index (χ0n) is 9.35. The third kappa shape index (κ3) is 2.36. The van der Waals surface area contributed by atoms with Crippen LogP contribution in [0.25, 0.3) is 0 Å². The topological polar surface area (TPSA) is 46.3 Å². The van der Waals surface area contributed by atoms with Crippen LogP contribution in [0.4, 0.5) is 5.69 Å². The number of nitrogens with zero attached hydrogens (tertiary/aromatic N) is 1. The summed E-state index contributed by atoms with van der Waals surface area (Å²) >= 11 is 0. The summed E-state index contributed by atoms with van der Waals surface area (Å²) < 4.78 is 0. The van der Waals surface area contributed by atoms with Gasteiger partial charge in [0.1, 0.15) is 0 Å². The first-order valence-electron chi connectivity index (χ1n) is 5.30. The zero-order chi connectivity index (χ0) is 10.8. The van der Waals surface area contributed by atoms with Crippen molar-refractivity contribution in [3.8, 4) is 0 Å². The maximum atomic E-state index is 11.7. The summed E-state index contributed by atoms with van der Waals surface area (Å²) in [6.07, 6.45) is 1.05. The maximum Gasteiger partial charge on any atom is 0.240 e. The summed E-state index contributed by atoms with van der Waals surface area (Å²) in [7, 11) is 0. The lowest BCUT2D eigenvalue weighted by atomic mass is 9.94. The molecule has 1 amide bonds. The van der Waals surface area contributed by atoms with Gasteiger partial charge in [0.05, 0.1) is 6.54 Å². The fraction of sp³-hybridized carbons (Fsp3) is 0.417. The molecule has 1 aliphatic heterocycles. The Morgan fingerprint density at radius 2 is 2.19 bits per heavy atom. The number of amides is 1. The molecule has 0 fully saturated rings. The van der Waals surface area contributed by atoms with Crippen LogP contribution in [0.5, 0.6) is 0 Å². The Morgan fingerprint density at radius 3 is 2.88 bits per heavy atom. The highest BCUT2D eigenvalue weighted by atomic mass is 35.5. The second-order valence-corrected chi connectivity index (χ2v) is 4.15. The number of anilines is 1. The number of rotatable bonds is 1. The van der Waals surface area contributed by atoms with E-state index in [0.29, 0.717) is 5.92 Å². The van der Waals surface area contributed by atoms with E-state index in [9.17, 15) is 4.79 Å². The largest absolute Gasteiger partial charge is 0.322 e. The van der Waals surface area contributed by atoms with Gasteiger partial charge in [-0.05, 0) is 24.0 Å². The molecule has 0 saturated carbocycles. The van der Waals surface area contributed by atoms with Crippen LogP contribution in [0.3, 0.4) is 0 Å². The van der Waals surface area contributed by atoms with Gasteiger partial charge < -0.3 is 10.6 Å². The Balaban J connectivity index is 0.00000128. The summed E-state index contributed by atoms with van der Waals surface area (Å²) in [6.45, 7) is 3.03. The summed E-state index contributed by atoms with van der Waals surface area (Å²) in [6, 6.07) is 8.06. The number of para-hydroxylation sites is 1. The maximum absolute atomic E-state index is 11.7. The quantitative estimate of drug-likeness (QED) is 0.811. The van der Waals surface area contributed by atoms with E-state index < -0.39 is 0 Å². The molecule has 16 heavy (non-hydrogen) atoms. The van der Waals surface area contributed by atoms with Crippen molar-refractivity contribution in [2.45, 2.75) is 13.3 Å². The molecule has 4 heteroatoms. The van der Waals surface area contributed by atoms with E-state index in [1.807, 2.05) is 23.1 Å². The van der Waals surface area contributed by atoms with Crippen molar-refractivity contribution < 1.29 is 4.79 Å². The summed E-state index contributed by atoms with van der Waals surface area (Å²) in [5, 5.41) is 0. The number of carbonyl (C=O) groups is 1. The molecular weight excluding hydrogens is 224 g/mol. The van der Waals surface area contributed by atoms with Crippen molar-refractivity contribution in [3.05, 3.63) is 29.8 Å². The number of benzene rings is 1. The van der Waals surface area contributed by atoms with Crippen molar-refractivity contribution >= 4 is 24.0 Å². The summed E-state index contributed by atoms with van der Waals surface area (Å²) in [4.78, 5) is 13.5. The highest BCUT2D eigenvalue weighted by Crippen LogP contribution is 2.29. The van der Waals surface area contributed by atoms with Crippen LogP contribution in [-0.2, 0) is 11.2 Å². The van der Waals surface area contributed by atoms with Crippen molar-refractivity contribution in [2.24, 2.45) is 11.7 Å². The molecule has 1 aliphatic rings. The lowest BCUT2D eigenvalue weighted by Gasteiger charge is -2.32. The standard InChI is InChI=1S/C12H16N2O.ClH/c1-9-6-10-4-2-3-5-11(10)14(8-9)12(15)7-13;/h2-5,9H,6-8,13H2,1H3;1H. The predicted molar refractivity (Wildman–Crippen MR) is 68.0 cm³/mol. The monoisotopic (exact) mass is 240 g/mol. The van der Waals surface area contributed by atoms with Crippen molar-refractivity contribution in [1.29, 1.82) is 0 Å². The Bertz CT molecular complexity index is 381. The van der Waals surface area contributed by atoms with Crippen LogP contribution in [0, 0.1) is 5.92 Å². The van der Waals surface area contributed by atoms with Gasteiger partial charge in [0.25, 0.3) is 0 Å². The Kier molecular flexibility index (Phi) is 4.33.